The quantitative estimate of drug-likeness (QED) is 0.825. The lowest BCUT2D eigenvalue weighted by molar-refractivity contribution is -0.135. The third kappa shape index (κ3) is 5.80. The summed E-state index contributed by atoms with van der Waals surface area (Å²) in [5, 5.41) is 2.80. The van der Waals surface area contributed by atoms with Gasteiger partial charge in [-0.3, -0.25) is 9.59 Å². The molecule has 24 heavy (non-hydrogen) atoms. The van der Waals surface area contributed by atoms with Gasteiger partial charge in [0.1, 0.15) is 0 Å². The predicted octanol–water partition coefficient (Wildman–Crippen LogP) is 2.80. The van der Waals surface area contributed by atoms with Crippen molar-refractivity contribution in [1.29, 1.82) is 0 Å². The van der Waals surface area contributed by atoms with Crippen molar-refractivity contribution in [2.45, 2.75) is 38.5 Å². The molecule has 1 aliphatic carbocycles. The van der Waals surface area contributed by atoms with Crippen LogP contribution in [0, 0.1) is 5.41 Å². The van der Waals surface area contributed by atoms with E-state index in [1.807, 2.05) is 30.3 Å². The van der Waals surface area contributed by atoms with Crippen molar-refractivity contribution in [1.82, 2.24) is 4.90 Å². The molecule has 0 aromatic heterocycles. The van der Waals surface area contributed by atoms with E-state index in [0.29, 0.717) is 13.0 Å². The largest absolute Gasteiger partial charge is 0.336 e. The van der Waals surface area contributed by atoms with Crippen LogP contribution in [0.3, 0.4) is 0 Å². The van der Waals surface area contributed by atoms with Crippen molar-refractivity contribution in [3.8, 4) is 0 Å². The zero-order chi connectivity index (χ0) is 16.7. The van der Waals surface area contributed by atoms with E-state index in [-0.39, 0.29) is 36.2 Å². The molecule has 1 saturated carbocycles. The predicted molar refractivity (Wildman–Crippen MR) is 99.1 cm³/mol. The van der Waals surface area contributed by atoms with E-state index in [4.69, 9.17) is 5.73 Å². The van der Waals surface area contributed by atoms with Gasteiger partial charge in [0.25, 0.3) is 0 Å². The molecule has 0 unspecified atom stereocenters. The number of hydrogen-bond donors (Lipinski definition) is 2. The normalized spacial score (nSPS) is 15.9. The molecule has 1 aromatic rings. The zero-order valence-corrected chi connectivity index (χ0v) is 15.1. The number of carbonyl (C=O) groups is 2. The van der Waals surface area contributed by atoms with Gasteiger partial charge in [-0.2, -0.15) is 0 Å². The van der Waals surface area contributed by atoms with Crippen molar-refractivity contribution in [2.75, 3.05) is 25.5 Å². The minimum absolute atomic E-state index is 0. The van der Waals surface area contributed by atoms with Crippen LogP contribution in [0.2, 0.25) is 0 Å². The summed E-state index contributed by atoms with van der Waals surface area (Å²) in [5.74, 6) is -0.182. The highest BCUT2D eigenvalue weighted by Crippen LogP contribution is 2.38. The van der Waals surface area contributed by atoms with Crippen LogP contribution in [-0.4, -0.2) is 36.9 Å². The van der Waals surface area contributed by atoms with Gasteiger partial charge in [-0.25, -0.2) is 0 Å². The molecule has 1 fully saturated rings. The van der Waals surface area contributed by atoms with Crippen molar-refractivity contribution < 1.29 is 9.59 Å². The van der Waals surface area contributed by atoms with E-state index in [1.165, 1.54) is 11.3 Å². The van der Waals surface area contributed by atoms with Crippen LogP contribution in [0.15, 0.2) is 30.3 Å². The van der Waals surface area contributed by atoms with Crippen LogP contribution in [0.25, 0.3) is 0 Å². The number of hydrogen-bond acceptors (Lipinski definition) is 3. The topological polar surface area (TPSA) is 75.4 Å². The second-order valence-corrected chi connectivity index (χ2v) is 6.61. The van der Waals surface area contributed by atoms with E-state index in [1.54, 1.807) is 7.05 Å². The van der Waals surface area contributed by atoms with Gasteiger partial charge in [0, 0.05) is 19.2 Å². The zero-order valence-electron chi connectivity index (χ0n) is 14.3. The number of nitrogens with zero attached hydrogens (tertiary/aromatic N) is 1. The van der Waals surface area contributed by atoms with E-state index in [2.05, 4.69) is 5.32 Å². The van der Waals surface area contributed by atoms with Gasteiger partial charge in [-0.05, 0) is 36.9 Å². The Labute approximate surface area is 150 Å². The SMILES string of the molecule is CN(CC(=O)Nc1ccccc1)C(=O)CC1(CN)CCCCC1.Cl. The summed E-state index contributed by atoms with van der Waals surface area (Å²) in [5.41, 5.74) is 6.61. The highest BCUT2D eigenvalue weighted by molar-refractivity contribution is 5.94. The molecule has 5 nitrogen and oxygen atoms in total. The Morgan fingerprint density at radius 3 is 2.38 bits per heavy atom. The number of benzene rings is 1. The smallest absolute Gasteiger partial charge is 0.243 e. The Hall–Kier alpha value is -1.59. The van der Waals surface area contributed by atoms with E-state index < -0.39 is 0 Å². The number of nitrogens with two attached hydrogens (primary N) is 1. The molecule has 1 aromatic carbocycles. The molecule has 0 bridgehead atoms. The first kappa shape index (κ1) is 20.5. The minimum Gasteiger partial charge on any atom is -0.336 e. The average Bonchev–Trinajstić information content (AvgIpc) is 2.56. The number of rotatable bonds is 6. The molecular weight excluding hydrogens is 326 g/mol. The molecule has 0 aliphatic heterocycles. The summed E-state index contributed by atoms with van der Waals surface area (Å²) >= 11 is 0. The highest BCUT2D eigenvalue weighted by atomic mass is 35.5. The summed E-state index contributed by atoms with van der Waals surface area (Å²) in [6.45, 7) is 0.608. The molecule has 0 heterocycles. The lowest BCUT2D eigenvalue weighted by atomic mass is 9.71. The lowest BCUT2D eigenvalue weighted by Gasteiger charge is -2.36. The first-order valence-electron chi connectivity index (χ1n) is 8.34. The summed E-state index contributed by atoms with van der Waals surface area (Å²) in [6, 6.07) is 9.26. The standard InChI is InChI=1S/C18H27N3O2.ClH/c1-21(13-16(22)20-15-8-4-2-5-9-15)17(23)12-18(14-19)10-6-3-7-11-18;/h2,4-5,8-9H,3,6-7,10-14,19H2,1H3,(H,20,22);1H. The Bertz CT molecular complexity index is 530. The van der Waals surface area contributed by atoms with Crippen LogP contribution in [0.4, 0.5) is 5.69 Å². The molecular formula is C18H28ClN3O2. The van der Waals surface area contributed by atoms with Crippen molar-refractivity contribution >= 4 is 29.9 Å². The molecule has 0 spiro atoms. The number of para-hydroxylation sites is 1. The van der Waals surface area contributed by atoms with Gasteiger partial charge >= 0.3 is 0 Å². The summed E-state index contributed by atoms with van der Waals surface area (Å²) in [4.78, 5) is 26.0. The van der Waals surface area contributed by atoms with Gasteiger partial charge in [0.2, 0.25) is 11.8 Å². The monoisotopic (exact) mass is 353 g/mol. The van der Waals surface area contributed by atoms with Gasteiger partial charge in [0.15, 0.2) is 0 Å². The summed E-state index contributed by atoms with van der Waals surface area (Å²) in [7, 11) is 1.68. The Balaban J connectivity index is 0.00000288. The number of amides is 2. The maximum atomic E-state index is 12.5. The lowest BCUT2D eigenvalue weighted by Crippen LogP contribution is -2.41. The van der Waals surface area contributed by atoms with Crippen LogP contribution in [0.1, 0.15) is 38.5 Å². The van der Waals surface area contributed by atoms with Crippen LogP contribution in [0.5, 0.6) is 0 Å². The van der Waals surface area contributed by atoms with Crippen molar-refractivity contribution in [3.05, 3.63) is 30.3 Å². The first-order valence-corrected chi connectivity index (χ1v) is 8.34. The fraction of sp³-hybridized carbons (Fsp3) is 0.556. The molecule has 6 heteroatoms. The van der Waals surface area contributed by atoms with Gasteiger partial charge in [0.05, 0.1) is 6.54 Å². The molecule has 134 valence electrons. The van der Waals surface area contributed by atoms with Crippen molar-refractivity contribution in [2.24, 2.45) is 11.1 Å². The van der Waals surface area contributed by atoms with Gasteiger partial charge in [-0.15, -0.1) is 12.4 Å². The average molecular weight is 354 g/mol. The second-order valence-electron chi connectivity index (χ2n) is 6.61. The molecule has 0 saturated heterocycles. The van der Waals surface area contributed by atoms with Gasteiger partial charge in [-0.1, -0.05) is 37.5 Å². The fourth-order valence-electron chi connectivity index (χ4n) is 3.24. The van der Waals surface area contributed by atoms with Gasteiger partial charge < -0.3 is 16.0 Å². The third-order valence-electron chi connectivity index (χ3n) is 4.74. The summed E-state index contributed by atoms with van der Waals surface area (Å²) in [6.07, 6.45) is 5.98. The molecule has 3 N–H and O–H groups in total. The Morgan fingerprint density at radius 2 is 1.79 bits per heavy atom. The van der Waals surface area contributed by atoms with E-state index >= 15 is 0 Å². The Morgan fingerprint density at radius 1 is 1.17 bits per heavy atom. The number of nitrogens with one attached hydrogen (secondary N) is 1. The third-order valence-corrected chi connectivity index (χ3v) is 4.74. The molecule has 0 atom stereocenters. The number of likely N-dealkylation sites (N-methyl/N-ethyl adjacent to an activating group) is 1. The van der Waals surface area contributed by atoms with E-state index in [0.717, 1.165) is 31.4 Å². The molecule has 1 aliphatic rings. The molecule has 2 rings (SSSR count). The second kappa shape index (κ2) is 9.64. The maximum absolute atomic E-state index is 12.5. The van der Waals surface area contributed by atoms with E-state index in [9.17, 15) is 9.59 Å². The minimum atomic E-state index is -0.183. The number of halogens is 1. The highest BCUT2D eigenvalue weighted by Gasteiger charge is 2.34. The Kier molecular flexibility index (Phi) is 8.22. The maximum Gasteiger partial charge on any atom is 0.243 e. The number of carbonyl (C=O) groups excluding carboxylic acids is 2. The van der Waals surface area contributed by atoms with Crippen LogP contribution in [-0.2, 0) is 9.59 Å². The van der Waals surface area contributed by atoms with Crippen LogP contribution < -0.4 is 11.1 Å². The fourth-order valence-corrected chi connectivity index (χ4v) is 3.24. The van der Waals surface area contributed by atoms with Crippen LogP contribution >= 0.6 is 12.4 Å². The number of anilines is 1. The molecule has 2 amide bonds. The molecule has 0 radical (unpaired) electrons. The van der Waals surface area contributed by atoms with Crippen molar-refractivity contribution in [3.63, 3.8) is 0 Å². The first-order chi connectivity index (χ1) is 11.0. The summed E-state index contributed by atoms with van der Waals surface area (Å²) < 4.78 is 0.